The quantitative estimate of drug-likeness (QED) is 0.889. The number of nitrogens with one attached hydrogen (secondary N) is 2. The van der Waals surface area contributed by atoms with Gasteiger partial charge in [0.05, 0.1) is 17.4 Å². The van der Waals surface area contributed by atoms with Crippen LogP contribution in [-0.4, -0.2) is 23.2 Å². The SMILES string of the molecule is CC(C)(C)OC(=O)N[C@H](c1ccccc1)C1CNc2cccnc2C1. The number of hydrogen-bond donors (Lipinski definition) is 2. The van der Waals surface area contributed by atoms with Gasteiger partial charge in [-0.3, -0.25) is 4.98 Å². The molecule has 3 rings (SSSR count). The summed E-state index contributed by atoms with van der Waals surface area (Å²) in [7, 11) is 0. The van der Waals surface area contributed by atoms with E-state index in [2.05, 4.69) is 15.6 Å². The molecule has 1 aliphatic rings. The first-order valence-electron chi connectivity index (χ1n) is 8.64. The van der Waals surface area contributed by atoms with Crippen molar-refractivity contribution in [3.8, 4) is 0 Å². The molecule has 0 aliphatic carbocycles. The van der Waals surface area contributed by atoms with Crippen LogP contribution in [0, 0.1) is 5.92 Å². The Hall–Kier alpha value is -2.56. The van der Waals surface area contributed by atoms with Crippen LogP contribution >= 0.6 is 0 Å². The maximum atomic E-state index is 12.4. The molecule has 1 aromatic carbocycles. The highest BCUT2D eigenvalue weighted by molar-refractivity contribution is 5.68. The van der Waals surface area contributed by atoms with Crippen molar-refractivity contribution in [1.29, 1.82) is 0 Å². The second-order valence-corrected chi connectivity index (χ2v) is 7.38. The lowest BCUT2D eigenvalue weighted by molar-refractivity contribution is 0.0485. The number of rotatable bonds is 3. The lowest BCUT2D eigenvalue weighted by Crippen LogP contribution is -2.41. The molecule has 0 bridgehead atoms. The molecule has 2 N–H and O–H groups in total. The zero-order valence-corrected chi connectivity index (χ0v) is 15.0. The van der Waals surface area contributed by atoms with Gasteiger partial charge >= 0.3 is 6.09 Å². The molecule has 0 fully saturated rings. The summed E-state index contributed by atoms with van der Waals surface area (Å²) in [6.45, 7) is 6.37. The molecule has 2 aromatic rings. The Kier molecular flexibility index (Phi) is 4.93. The average Bonchev–Trinajstić information content (AvgIpc) is 2.58. The Morgan fingerprint density at radius 3 is 2.72 bits per heavy atom. The van der Waals surface area contributed by atoms with Crippen LogP contribution in [-0.2, 0) is 11.2 Å². The highest BCUT2D eigenvalue weighted by Crippen LogP contribution is 2.31. The maximum absolute atomic E-state index is 12.4. The van der Waals surface area contributed by atoms with E-state index in [1.54, 1.807) is 0 Å². The predicted octanol–water partition coefficient (Wildman–Crippen LogP) is 3.93. The Morgan fingerprint density at radius 2 is 2.00 bits per heavy atom. The molecular weight excluding hydrogens is 314 g/mol. The van der Waals surface area contributed by atoms with Crippen molar-refractivity contribution in [2.24, 2.45) is 5.92 Å². The Bertz CT molecular complexity index is 725. The van der Waals surface area contributed by atoms with E-state index in [1.807, 2.05) is 69.4 Å². The summed E-state index contributed by atoms with van der Waals surface area (Å²) in [6, 6.07) is 13.9. The zero-order chi connectivity index (χ0) is 17.9. The number of carbonyl (C=O) groups is 1. The van der Waals surface area contributed by atoms with E-state index in [4.69, 9.17) is 4.74 Å². The number of hydrogen-bond acceptors (Lipinski definition) is 4. The molecule has 25 heavy (non-hydrogen) atoms. The minimum Gasteiger partial charge on any atom is -0.444 e. The smallest absolute Gasteiger partial charge is 0.408 e. The minimum absolute atomic E-state index is 0.140. The summed E-state index contributed by atoms with van der Waals surface area (Å²) in [5.74, 6) is 0.192. The van der Waals surface area contributed by atoms with E-state index >= 15 is 0 Å². The fourth-order valence-electron chi connectivity index (χ4n) is 3.13. The summed E-state index contributed by atoms with van der Waals surface area (Å²) >= 11 is 0. The molecule has 1 amide bonds. The van der Waals surface area contributed by atoms with Gasteiger partial charge in [-0.2, -0.15) is 0 Å². The van der Waals surface area contributed by atoms with Crippen LogP contribution < -0.4 is 10.6 Å². The number of pyridine rings is 1. The van der Waals surface area contributed by atoms with Gasteiger partial charge in [0.15, 0.2) is 0 Å². The normalized spacial score (nSPS) is 17.8. The first kappa shape index (κ1) is 17.3. The third-order valence-electron chi connectivity index (χ3n) is 4.20. The summed E-state index contributed by atoms with van der Waals surface area (Å²) in [6.07, 6.45) is 2.22. The van der Waals surface area contributed by atoms with Crippen LogP contribution in [0.2, 0.25) is 0 Å². The average molecular weight is 339 g/mol. The van der Waals surface area contributed by atoms with E-state index in [1.165, 1.54) is 0 Å². The first-order valence-corrected chi connectivity index (χ1v) is 8.64. The second kappa shape index (κ2) is 7.13. The van der Waals surface area contributed by atoms with E-state index in [0.717, 1.165) is 29.9 Å². The maximum Gasteiger partial charge on any atom is 0.408 e. The molecule has 1 unspecified atom stereocenters. The van der Waals surface area contributed by atoms with Gasteiger partial charge in [0, 0.05) is 18.7 Å². The van der Waals surface area contributed by atoms with Gasteiger partial charge in [-0.1, -0.05) is 30.3 Å². The summed E-state index contributed by atoms with van der Waals surface area (Å²) in [5, 5.41) is 6.49. The van der Waals surface area contributed by atoms with Gasteiger partial charge in [0.25, 0.3) is 0 Å². The molecular formula is C20H25N3O2. The Balaban J connectivity index is 1.81. The van der Waals surface area contributed by atoms with Gasteiger partial charge < -0.3 is 15.4 Å². The van der Waals surface area contributed by atoms with Crippen molar-refractivity contribution >= 4 is 11.8 Å². The van der Waals surface area contributed by atoms with Crippen LogP contribution in [0.5, 0.6) is 0 Å². The minimum atomic E-state index is -0.524. The molecule has 1 aliphatic heterocycles. The molecule has 0 saturated carbocycles. The zero-order valence-electron chi connectivity index (χ0n) is 15.0. The summed E-state index contributed by atoms with van der Waals surface area (Å²) in [5.41, 5.74) is 2.65. The molecule has 0 spiro atoms. The van der Waals surface area contributed by atoms with Crippen molar-refractivity contribution in [1.82, 2.24) is 10.3 Å². The van der Waals surface area contributed by atoms with E-state index < -0.39 is 11.7 Å². The largest absolute Gasteiger partial charge is 0.444 e. The number of benzene rings is 1. The first-order chi connectivity index (χ1) is 11.9. The fraction of sp³-hybridized carbons (Fsp3) is 0.400. The van der Waals surface area contributed by atoms with Crippen molar-refractivity contribution in [2.45, 2.75) is 38.8 Å². The third kappa shape index (κ3) is 4.50. The molecule has 1 aromatic heterocycles. The summed E-state index contributed by atoms with van der Waals surface area (Å²) < 4.78 is 5.46. The Morgan fingerprint density at radius 1 is 1.24 bits per heavy atom. The number of amides is 1. The van der Waals surface area contributed by atoms with Crippen LogP contribution in [0.1, 0.15) is 38.1 Å². The number of anilines is 1. The lowest BCUT2D eigenvalue weighted by Gasteiger charge is -2.33. The van der Waals surface area contributed by atoms with Crippen molar-refractivity contribution < 1.29 is 9.53 Å². The van der Waals surface area contributed by atoms with E-state index in [-0.39, 0.29) is 12.0 Å². The van der Waals surface area contributed by atoms with Crippen molar-refractivity contribution in [2.75, 3.05) is 11.9 Å². The van der Waals surface area contributed by atoms with E-state index in [0.29, 0.717) is 0 Å². The molecule has 0 saturated heterocycles. The van der Waals surface area contributed by atoms with Crippen LogP contribution in [0.4, 0.5) is 10.5 Å². The Labute approximate surface area is 148 Å². The van der Waals surface area contributed by atoms with Gasteiger partial charge in [0.1, 0.15) is 5.60 Å². The number of carbonyl (C=O) groups excluding carboxylic acids is 1. The number of nitrogens with zero attached hydrogens (tertiary/aromatic N) is 1. The molecule has 132 valence electrons. The van der Waals surface area contributed by atoms with Crippen LogP contribution in [0.15, 0.2) is 48.7 Å². The lowest BCUT2D eigenvalue weighted by atomic mass is 9.86. The monoisotopic (exact) mass is 339 g/mol. The highest BCUT2D eigenvalue weighted by Gasteiger charge is 2.30. The van der Waals surface area contributed by atoms with Crippen LogP contribution in [0.25, 0.3) is 0 Å². The molecule has 2 heterocycles. The van der Waals surface area contributed by atoms with Gasteiger partial charge in [-0.25, -0.2) is 4.79 Å². The van der Waals surface area contributed by atoms with Gasteiger partial charge in [-0.05, 0) is 44.9 Å². The number of fused-ring (bicyclic) bond motifs is 1. The molecule has 0 radical (unpaired) electrons. The topological polar surface area (TPSA) is 63.2 Å². The summed E-state index contributed by atoms with van der Waals surface area (Å²) in [4.78, 5) is 16.8. The number of ether oxygens (including phenoxy) is 1. The standard InChI is InChI=1S/C20H25N3O2/c1-20(2,3)25-19(24)23-18(14-8-5-4-6-9-14)15-12-17-16(22-13-15)10-7-11-21-17/h4-11,15,18,22H,12-13H2,1-3H3,(H,23,24)/t15?,18-/m1/s1. The number of aromatic nitrogens is 1. The second-order valence-electron chi connectivity index (χ2n) is 7.38. The van der Waals surface area contributed by atoms with Crippen LogP contribution in [0.3, 0.4) is 0 Å². The highest BCUT2D eigenvalue weighted by atomic mass is 16.6. The number of alkyl carbamates (subject to hydrolysis) is 1. The molecule has 5 nitrogen and oxygen atoms in total. The third-order valence-corrected chi connectivity index (χ3v) is 4.20. The van der Waals surface area contributed by atoms with Crippen molar-refractivity contribution in [3.63, 3.8) is 0 Å². The fourth-order valence-corrected chi connectivity index (χ4v) is 3.13. The predicted molar refractivity (Wildman–Crippen MR) is 98.5 cm³/mol. The van der Waals surface area contributed by atoms with Gasteiger partial charge in [-0.15, -0.1) is 0 Å². The van der Waals surface area contributed by atoms with Gasteiger partial charge in [0.2, 0.25) is 0 Å². The van der Waals surface area contributed by atoms with Crippen molar-refractivity contribution in [3.05, 3.63) is 59.9 Å². The molecule has 5 heteroatoms. The van der Waals surface area contributed by atoms with E-state index in [9.17, 15) is 4.79 Å². The molecule has 2 atom stereocenters.